The van der Waals surface area contributed by atoms with Gasteiger partial charge in [0, 0.05) is 32.0 Å². The van der Waals surface area contributed by atoms with E-state index in [0.717, 1.165) is 22.3 Å². The van der Waals surface area contributed by atoms with E-state index in [1.807, 2.05) is 69.3 Å². The molecule has 0 unspecified atom stereocenters. The molecule has 4 amide bonds. The van der Waals surface area contributed by atoms with Gasteiger partial charge in [-0.1, -0.05) is 61.2 Å². The van der Waals surface area contributed by atoms with Crippen molar-refractivity contribution in [1.82, 2.24) is 20.4 Å². The number of nitrogens with zero attached hydrogens (tertiary/aromatic N) is 2. The Morgan fingerprint density at radius 2 is 1.55 bits per heavy atom. The van der Waals surface area contributed by atoms with Gasteiger partial charge in [0.15, 0.2) is 0 Å². The third kappa shape index (κ3) is 8.79. The van der Waals surface area contributed by atoms with E-state index >= 15 is 0 Å². The quantitative estimate of drug-likeness (QED) is 0.179. The molecule has 2 saturated heterocycles. The normalized spacial score (nSPS) is 18.3. The van der Waals surface area contributed by atoms with Gasteiger partial charge in [0.05, 0.1) is 18.5 Å². The van der Waals surface area contributed by atoms with Crippen LogP contribution in [-0.2, 0) is 28.6 Å². The number of rotatable bonds is 13. The number of hydrogen-bond donors (Lipinski definition) is 2. The fraction of sp³-hybridized carbons (Fsp3) is 0.486. The fourth-order valence-corrected chi connectivity index (χ4v) is 6.80. The van der Waals surface area contributed by atoms with Gasteiger partial charge in [-0.2, -0.15) is 0 Å². The lowest BCUT2D eigenvalue weighted by atomic mass is 9.98. The van der Waals surface area contributed by atoms with Crippen LogP contribution < -0.4 is 10.6 Å². The van der Waals surface area contributed by atoms with Crippen molar-refractivity contribution in [3.63, 3.8) is 0 Å². The molecule has 12 heteroatoms. The zero-order chi connectivity index (χ0) is 35.1. The summed E-state index contributed by atoms with van der Waals surface area (Å²) in [5, 5.41) is 5.37. The minimum Gasteiger partial charge on any atom is -0.461 e. The van der Waals surface area contributed by atoms with Gasteiger partial charge in [0.25, 0.3) is 0 Å². The standard InChI is InChI=1S/C37H46N4O8/c1-5-19-47-33(43)17-18-38-34(44)31(15-10-16-32(42)40-21-25-20-24(40)22-41(25)36(46)49-37(2,3)4)39-35(45)48-23-30-28-13-8-6-11-26(28)27-12-7-9-14-29(27)30/h5-9,11-14,24-25,30-31H,1,10,15-23H2,2-4H3,(H,38,44)(H,39,45)/t24-,25-,31-/m0/s1. The smallest absolute Gasteiger partial charge is 0.410 e. The van der Waals surface area contributed by atoms with Crippen molar-refractivity contribution >= 4 is 30.0 Å². The second-order valence-corrected chi connectivity index (χ2v) is 13.6. The molecule has 5 rings (SSSR count). The van der Waals surface area contributed by atoms with Crippen molar-refractivity contribution in [2.75, 3.05) is 32.8 Å². The van der Waals surface area contributed by atoms with E-state index in [1.54, 1.807) is 9.80 Å². The van der Waals surface area contributed by atoms with Crippen LogP contribution >= 0.6 is 0 Å². The Morgan fingerprint density at radius 1 is 0.918 bits per heavy atom. The maximum atomic E-state index is 13.2. The molecular formula is C37H46N4O8. The molecule has 2 aliphatic heterocycles. The Balaban J connectivity index is 1.15. The predicted molar refractivity (Wildman–Crippen MR) is 181 cm³/mol. The van der Waals surface area contributed by atoms with Crippen LogP contribution in [0, 0.1) is 0 Å². The van der Waals surface area contributed by atoms with Crippen molar-refractivity contribution in [3.8, 4) is 11.1 Å². The summed E-state index contributed by atoms with van der Waals surface area (Å²) in [7, 11) is 0. The Bertz CT molecular complexity index is 1520. The molecule has 12 nitrogen and oxygen atoms in total. The lowest BCUT2D eigenvalue weighted by Gasteiger charge is -2.35. The van der Waals surface area contributed by atoms with Crippen molar-refractivity contribution in [1.29, 1.82) is 0 Å². The van der Waals surface area contributed by atoms with E-state index in [1.165, 1.54) is 6.08 Å². The first-order valence-electron chi connectivity index (χ1n) is 16.9. The van der Waals surface area contributed by atoms with E-state index in [-0.39, 0.29) is 69.0 Å². The van der Waals surface area contributed by atoms with E-state index < -0.39 is 29.6 Å². The number of carbonyl (C=O) groups excluding carboxylic acids is 5. The molecule has 2 bridgehead atoms. The summed E-state index contributed by atoms with van der Waals surface area (Å²) in [6.45, 7) is 10.0. The summed E-state index contributed by atoms with van der Waals surface area (Å²) in [5.74, 6) is -1.20. The second-order valence-electron chi connectivity index (χ2n) is 13.6. The van der Waals surface area contributed by atoms with Gasteiger partial charge in [-0.15, -0.1) is 0 Å². The number of fused-ring (bicyclic) bond motifs is 5. The number of carbonyl (C=O) groups is 5. The van der Waals surface area contributed by atoms with Crippen molar-refractivity contribution in [2.45, 2.75) is 82.5 Å². The summed E-state index contributed by atoms with van der Waals surface area (Å²) >= 11 is 0. The number of esters is 1. The van der Waals surface area contributed by atoms with Crippen LogP contribution in [0.15, 0.2) is 61.2 Å². The summed E-state index contributed by atoms with van der Waals surface area (Å²) in [4.78, 5) is 67.5. The molecule has 262 valence electrons. The molecule has 0 radical (unpaired) electrons. The topological polar surface area (TPSA) is 144 Å². The number of piperazine rings is 1. The van der Waals surface area contributed by atoms with Crippen LogP contribution in [0.5, 0.6) is 0 Å². The molecule has 1 aliphatic carbocycles. The molecule has 2 N–H and O–H groups in total. The lowest BCUT2D eigenvalue weighted by molar-refractivity contribution is -0.142. The van der Waals surface area contributed by atoms with Crippen LogP contribution in [0.4, 0.5) is 9.59 Å². The minimum absolute atomic E-state index is 0.0155. The highest BCUT2D eigenvalue weighted by Crippen LogP contribution is 2.44. The first-order chi connectivity index (χ1) is 23.4. The van der Waals surface area contributed by atoms with Gasteiger partial charge in [0.2, 0.25) is 11.8 Å². The number of likely N-dealkylation sites (tertiary alicyclic amines) is 2. The molecule has 0 spiro atoms. The number of benzene rings is 2. The van der Waals surface area contributed by atoms with Gasteiger partial charge in [0.1, 0.15) is 24.9 Å². The molecular weight excluding hydrogens is 628 g/mol. The zero-order valence-electron chi connectivity index (χ0n) is 28.4. The van der Waals surface area contributed by atoms with Crippen molar-refractivity contribution < 1.29 is 38.2 Å². The third-order valence-corrected chi connectivity index (χ3v) is 9.02. The van der Waals surface area contributed by atoms with E-state index in [0.29, 0.717) is 25.9 Å². The van der Waals surface area contributed by atoms with Gasteiger partial charge in [-0.3, -0.25) is 14.4 Å². The highest BCUT2D eigenvalue weighted by Gasteiger charge is 2.48. The Hall–Kier alpha value is -4.87. The van der Waals surface area contributed by atoms with E-state index in [4.69, 9.17) is 14.2 Å². The monoisotopic (exact) mass is 674 g/mol. The summed E-state index contributed by atoms with van der Waals surface area (Å²) in [6, 6.07) is 14.8. The molecule has 0 aromatic heterocycles. The minimum atomic E-state index is -0.995. The zero-order valence-corrected chi connectivity index (χ0v) is 28.4. The molecule has 3 aliphatic rings. The Kier molecular flexibility index (Phi) is 11.3. The molecule has 2 heterocycles. The maximum Gasteiger partial charge on any atom is 0.410 e. The maximum absolute atomic E-state index is 13.2. The van der Waals surface area contributed by atoms with Crippen LogP contribution in [-0.4, -0.2) is 96.3 Å². The molecule has 3 atom stereocenters. The fourth-order valence-electron chi connectivity index (χ4n) is 6.80. The molecule has 49 heavy (non-hydrogen) atoms. The summed E-state index contributed by atoms with van der Waals surface area (Å²) < 4.78 is 16.2. The Labute approximate surface area is 287 Å². The predicted octanol–water partition coefficient (Wildman–Crippen LogP) is 4.52. The number of amides is 4. The first kappa shape index (κ1) is 35.4. The molecule has 2 aromatic carbocycles. The van der Waals surface area contributed by atoms with E-state index in [2.05, 4.69) is 17.2 Å². The van der Waals surface area contributed by atoms with Crippen molar-refractivity contribution in [3.05, 3.63) is 72.3 Å². The SMILES string of the molecule is C=CCOC(=O)CCNC(=O)[C@H](CCCC(=O)N1C[C@@H]2C[C@H]1CN2C(=O)OC(C)(C)C)NC(=O)OCC1c2ccccc2-c2ccccc21. The van der Waals surface area contributed by atoms with Crippen molar-refractivity contribution in [2.24, 2.45) is 0 Å². The second kappa shape index (κ2) is 15.6. The van der Waals surface area contributed by atoms with E-state index in [9.17, 15) is 24.0 Å². The van der Waals surface area contributed by atoms with Gasteiger partial charge in [-0.05, 0) is 62.3 Å². The Morgan fingerprint density at radius 3 is 2.16 bits per heavy atom. The number of nitrogens with one attached hydrogen (secondary N) is 2. The average molecular weight is 675 g/mol. The first-order valence-corrected chi connectivity index (χ1v) is 16.9. The molecule has 2 fully saturated rings. The van der Waals surface area contributed by atoms with Gasteiger partial charge < -0.3 is 34.6 Å². The lowest BCUT2D eigenvalue weighted by Crippen LogP contribution is -2.51. The number of alkyl carbamates (subject to hydrolysis) is 1. The molecule has 0 saturated carbocycles. The molecule has 2 aromatic rings. The highest BCUT2D eigenvalue weighted by molar-refractivity contribution is 5.86. The number of ether oxygens (including phenoxy) is 3. The summed E-state index contributed by atoms with van der Waals surface area (Å²) in [5.41, 5.74) is 3.74. The summed E-state index contributed by atoms with van der Waals surface area (Å²) in [6.07, 6.45) is 1.66. The van der Waals surface area contributed by atoms with Crippen LogP contribution in [0.3, 0.4) is 0 Å². The highest BCUT2D eigenvalue weighted by atomic mass is 16.6. The van der Waals surface area contributed by atoms with Crippen LogP contribution in [0.25, 0.3) is 11.1 Å². The number of hydrogen-bond acceptors (Lipinski definition) is 8. The third-order valence-electron chi connectivity index (χ3n) is 9.02. The van der Waals surface area contributed by atoms with Crippen LogP contribution in [0.1, 0.15) is 69.9 Å². The average Bonchev–Trinajstić information content (AvgIpc) is 3.77. The largest absolute Gasteiger partial charge is 0.461 e. The van der Waals surface area contributed by atoms with Gasteiger partial charge >= 0.3 is 18.2 Å². The van der Waals surface area contributed by atoms with Gasteiger partial charge in [-0.25, -0.2) is 9.59 Å². The van der Waals surface area contributed by atoms with Crippen LogP contribution in [0.2, 0.25) is 0 Å².